The number of sulfonamides is 1. The molecule has 3 rings (SSSR count). The molecule has 0 unspecified atom stereocenters. The van der Waals surface area contributed by atoms with Gasteiger partial charge < -0.3 is 14.6 Å². The summed E-state index contributed by atoms with van der Waals surface area (Å²) >= 11 is 0. The number of imidazole rings is 1. The fourth-order valence-corrected chi connectivity index (χ4v) is 4.94. The first-order valence-electron chi connectivity index (χ1n) is 10.6. The first-order valence-corrected chi connectivity index (χ1v) is 12.5. The Morgan fingerprint density at radius 2 is 1.81 bits per heavy atom. The molecular weight excluding hydrogens is 416 g/mol. The Labute approximate surface area is 184 Å². The SMILES string of the molecule is Cc1nc(C(=O)NCc2ccc(OC(C)C)cc2)c(C)n1C1CCN(S(C)(=O)=O)CC1. The molecule has 2 aromatic rings. The van der Waals surface area contributed by atoms with E-state index in [9.17, 15) is 13.2 Å². The lowest BCUT2D eigenvalue weighted by molar-refractivity contribution is 0.0945. The van der Waals surface area contributed by atoms with Crippen molar-refractivity contribution in [2.75, 3.05) is 19.3 Å². The van der Waals surface area contributed by atoms with E-state index in [0.29, 0.717) is 38.2 Å². The zero-order valence-electron chi connectivity index (χ0n) is 18.9. The molecule has 0 saturated carbocycles. The second-order valence-electron chi connectivity index (χ2n) is 8.35. The van der Waals surface area contributed by atoms with E-state index in [1.165, 1.54) is 10.6 Å². The van der Waals surface area contributed by atoms with E-state index in [4.69, 9.17) is 4.74 Å². The molecule has 8 nitrogen and oxygen atoms in total. The summed E-state index contributed by atoms with van der Waals surface area (Å²) in [5, 5.41) is 2.94. The fourth-order valence-electron chi connectivity index (χ4n) is 4.06. The van der Waals surface area contributed by atoms with Crippen LogP contribution in [0.4, 0.5) is 0 Å². The van der Waals surface area contributed by atoms with Gasteiger partial charge >= 0.3 is 0 Å². The Balaban J connectivity index is 1.64. The Kier molecular flexibility index (Phi) is 7.06. The average molecular weight is 449 g/mol. The molecule has 1 aliphatic heterocycles. The number of nitrogens with one attached hydrogen (secondary N) is 1. The molecule has 0 atom stereocenters. The van der Waals surface area contributed by atoms with Crippen molar-refractivity contribution < 1.29 is 17.9 Å². The maximum absolute atomic E-state index is 12.8. The van der Waals surface area contributed by atoms with Crippen molar-refractivity contribution in [2.45, 2.75) is 59.2 Å². The smallest absolute Gasteiger partial charge is 0.272 e. The molecule has 1 amide bonds. The second-order valence-corrected chi connectivity index (χ2v) is 10.3. The van der Waals surface area contributed by atoms with Gasteiger partial charge in [0.05, 0.1) is 12.4 Å². The maximum atomic E-state index is 12.8. The van der Waals surface area contributed by atoms with Crippen LogP contribution in [0.2, 0.25) is 0 Å². The number of hydrogen-bond acceptors (Lipinski definition) is 5. The highest BCUT2D eigenvalue weighted by molar-refractivity contribution is 7.88. The van der Waals surface area contributed by atoms with E-state index in [0.717, 1.165) is 22.8 Å². The van der Waals surface area contributed by atoms with Crippen LogP contribution in [0, 0.1) is 13.8 Å². The van der Waals surface area contributed by atoms with Gasteiger partial charge in [-0.15, -0.1) is 0 Å². The van der Waals surface area contributed by atoms with E-state index in [2.05, 4.69) is 14.9 Å². The summed E-state index contributed by atoms with van der Waals surface area (Å²) < 4.78 is 32.7. The third kappa shape index (κ3) is 5.65. The van der Waals surface area contributed by atoms with Crippen molar-refractivity contribution in [3.05, 3.63) is 47.0 Å². The molecule has 2 heterocycles. The number of hydrogen-bond donors (Lipinski definition) is 1. The number of amides is 1. The molecule has 0 aliphatic carbocycles. The predicted molar refractivity (Wildman–Crippen MR) is 120 cm³/mol. The third-order valence-corrected chi connectivity index (χ3v) is 6.85. The summed E-state index contributed by atoms with van der Waals surface area (Å²) in [6, 6.07) is 7.80. The molecule has 1 aromatic carbocycles. The van der Waals surface area contributed by atoms with E-state index in [-0.39, 0.29) is 18.1 Å². The van der Waals surface area contributed by atoms with Crippen LogP contribution >= 0.6 is 0 Å². The summed E-state index contributed by atoms with van der Waals surface area (Å²) in [5.41, 5.74) is 2.21. The van der Waals surface area contributed by atoms with E-state index < -0.39 is 10.0 Å². The number of carbonyl (C=O) groups is 1. The van der Waals surface area contributed by atoms with Crippen LogP contribution in [0.5, 0.6) is 5.75 Å². The molecule has 1 saturated heterocycles. The molecule has 170 valence electrons. The number of rotatable bonds is 7. The molecular formula is C22H32N4O4S. The largest absolute Gasteiger partial charge is 0.491 e. The molecule has 31 heavy (non-hydrogen) atoms. The average Bonchev–Trinajstić information content (AvgIpc) is 3.00. The van der Waals surface area contributed by atoms with Crippen LogP contribution in [0.1, 0.15) is 60.3 Å². The Morgan fingerprint density at radius 3 is 2.35 bits per heavy atom. The van der Waals surface area contributed by atoms with Gasteiger partial charge in [0.15, 0.2) is 0 Å². The Bertz CT molecular complexity index is 1020. The van der Waals surface area contributed by atoms with Crippen LogP contribution in [-0.2, 0) is 16.6 Å². The summed E-state index contributed by atoms with van der Waals surface area (Å²) in [5.74, 6) is 1.36. The van der Waals surface area contributed by atoms with Crippen molar-refractivity contribution in [1.29, 1.82) is 0 Å². The van der Waals surface area contributed by atoms with Crippen LogP contribution in [0.25, 0.3) is 0 Å². The lowest BCUT2D eigenvalue weighted by Crippen LogP contribution is -2.38. The lowest BCUT2D eigenvalue weighted by atomic mass is 10.1. The monoisotopic (exact) mass is 448 g/mol. The zero-order chi connectivity index (χ0) is 22.8. The van der Waals surface area contributed by atoms with E-state index >= 15 is 0 Å². The minimum atomic E-state index is -3.17. The lowest BCUT2D eigenvalue weighted by Gasteiger charge is -2.32. The van der Waals surface area contributed by atoms with Gasteiger partial charge in [0, 0.05) is 31.4 Å². The highest BCUT2D eigenvalue weighted by Crippen LogP contribution is 2.28. The zero-order valence-corrected chi connectivity index (χ0v) is 19.7. The molecule has 9 heteroatoms. The highest BCUT2D eigenvalue weighted by Gasteiger charge is 2.29. The van der Waals surface area contributed by atoms with Crippen molar-refractivity contribution >= 4 is 15.9 Å². The summed E-state index contributed by atoms with van der Waals surface area (Å²) in [7, 11) is -3.17. The molecule has 1 N–H and O–H groups in total. The third-order valence-electron chi connectivity index (χ3n) is 5.55. The van der Waals surface area contributed by atoms with Gasteiger partial charge in [-0.2, -0.15) is 0 Å². The van der Waals surface area contributed by atoms with Gasteiger partial charge in [0.2, 0.25) is 10.0 Å². The molecule has 1 aliphatic rings. The molecule has 0 spiro atoms. The number of carbonyl (C=O) groups excluding carboxylic acids is 1. The van der Waals surface area contributed by atoms with Gasteiger partial charge in [0.1, 0.15) is 17.3 Å². The Morgan fingerprint density at radius 1 is 1.19 bits per heavy atom. The van der Waals surface area contributed by atoms with Crippen molar-refractivity contribution in [2.24, 2.45) is 0 Å². The fraction of sp³-hybridized carbons (Fsp3) is 0.545. The van der Waals surface area contributed by atoms with E-state index in [1.807, 2.05) is 52.0 Å². The summed E-state index contributed by atoms with van der Waals surface area (Å²) in [6.45, 7) is 9.12. The number of ether oxygens (including phenoxy) is 1. The maximum Gasteiger partial charge on any atom is 0.272 e. The standard InChI is InChI=1S/C22H32N4O4S/c1-15(2)30-20-8-6-18(7-9-20)14-23-22(27)21-16(3)26(17(4)24-21)19-10-12-25(13-11-19)31(5,28)29/h6-9,15,19H,10-14H2,1-5H3,(H,23,27). The summed E-state index contributed by atoms with van der Waals surface area (Å²) in [6.07, 6.45) is 2.77. The predicted octanol–water partition coefficient (Wildman–Crippen LogP) is 2.81. The molecule has 1 aromatic heterocycles. The van der Waals surface area contributed by atoms with Gasteiger partial charge in [-0.1, -0.05) is 12.1 Å². The van der Waals surface area contributed by atoms with Crippen molar-refractivity contribution in [1.82, 2.24) is 19.2 Å². The number of nitrogens with zero attached hydrogens (tertiary/aromatic N) is 3. The number of aromatic nitrogens is 2. The van der Waals surface area contributed by atoms with Gasteiger partial charge in [-0.25, -0.2) is 17.7 Å². The van der Waals surface area contributed by atoms with Gasteiger partial charge in [-0.05, 0) is 58.2 Å². The molecule has 0 bridgehead atoms. The van der Waals surface area contributed by atoms with Crippen LogP contribution in [0.3, 0.4) is 0 Å². The van der Waals surface area contributed by atoms with Crippen LogP contribution < -0.4 is 10.1 Å². The van der Waals surface area contributed by atoms with Crippen molar-refractivity contribution in [3.63, 3.8) is 0 Å². The number of piperidine rings is 1. The summed E-state index contributed by atoms with van der Waals surface area (Å²) in [4.78, 5) is 17.3. The first kappa shape index (κ1) is 23.3. The van der Waals surface area contributed by atoms with Crippen LogP contribution in [0.15, 0.2) is 24.3 Å². The minimum absolute atomic E-state index is 0.116. The minimum Gasteiger partial charge on any atom is -0.491 e. The highest BCUT2D eigenvalue weighted by atomic mass is 32.2. The molecule has 0 radical (unpaired) electrons. The second kappa shape index (κ2) is 9.40. The normalized spacial score (nSPS) is 15.9. The van der Waals surface area contributed by atoms with Crippen LogP contribution in [-0.4, -0.2) is 53.6 Å². The van der Waals surface area contributed by atoms with Crippen molar-refractivity contribution in [3.8, 4) is 5.75 Å². The van der Waals surface area contributed by atoms with Gasteiger partial charge in [-0.3, -0.25) is 4.79 Å². The quantitative estimate of drug-likeness (QED) is 0.703. The number of aryl methyl sites for hydroxylation is 1. The van der Waals surface area contributed by atoms with E-state index in [1.54, 1.807) is 0 Å². The topological polar surface area (TPSA) is 93.5 Å². The first-order chi connectivity index (χ1) is 14.6. The molecule has 1 fully saturated rings. The number of benzene rings is 1. The van der Waals surface area contributed by atoms with Gasteiger partial charge in [0.25, 0.3) is 5.91 Å². The Hall–Kier alpha value is -2.39.